The summed E-state index contributed by atoms with van der Waals surface area (Å²) in [4.78, 5) is 16.7. The predicted molar refractivity (Wildman–Crippen MR) is 62.0 cm³/mol. The van der Waals surface area contributed by atoms with Crippen LogP contribution < -0.4 is 4.90 Å². The van der Waals surface area contributed by atoms with E-state index in [1.807, 2.05) is 0 Å². The maximum absolute atomic E-state index is 11.0. The van der Waals surface area contributed by atoms with E-state index < -0.39 is 12.0 Å². The molecule has 0 amide bonds. The normalized spacial score (nSPS) is 12.6. The van der Waals surface area contributed by atoms with Gasteiger partial charge in [0.15, 0.2) is 0 Å². The van der Waals surface area contributed by atoms with Gasteiger partial charge in [0.2, 0.25) is 0 Å². The van der Waals surface area contributed by atoms with Crippen molar-refractivity contribution < 1.29 is 14.4 Å². The predicted octanol–water partition coefficient (Wildman–Crippen LogP) is 1.44. The van der Waals surface area contributed by atoms with Gasteiger partial charge >= 0.3 is 5.97 Å². The van der Waals surface area contributed by atoms with Crippen LogP contribution >= 0.6 is 0 Å². The lowest BCUT2D eigenvalue weighted by atomic mass is 10.2. The van der Waals surface area contributed by atoms with E-state index in [-0.39, 0.29) is 0 Å². The summed E-state index contributed by atoms with van der Waals surface area (Å²) < 4.78 is 5.04. The van der Waals surface area contributed by atoms with E-state index in [2.05, 4.69) is 10.1 Å². The summed E-state index contributed by atoms with van der Waals surface area (Å²) in [5.74, 6) is -0.883. The van der Waals surface area contributed by atoms with Crippen LogP contribution in [0.5, 0.6) is 0 Å². The number of aryl methyl sites for hydroxylation is 1. The van der Waals surface area contributed by atoms with E-state index >= 15 is 0 Å². The molecule has 0 saturated carbocycles. The third-order valence-corrected chi connectivity index (χ3v) is 2.84. The number of carboxylic acids is 1. The van der Waals surface area contributed by atoms with E-state index in [1.165, 1.54) is 0 Å². The second-order valence-electron chi connectivity index (χ2n) is 3.90. The van der Waals surface area contributed by atoms with Crippen LogP contribution in [0.2, 0.25) is 0 Å². The molecule has 2 rings (SSSR count). The third kappa shape index (κ3) is 1.82. The Balaban J connectivity index is 2.55. The molecule has 90 valence electrons. The van der Waals surface area contributed by atoms with Crippen molar-refractivity contribution in [2.75, 3.05) is 11.9 Å². The molecule has 1 unspecified atom stereocenters. The van der Waals surface area contributed by atoms with Crippen molar-refractivity contribution in [1.29, 1.82) is 0 Å². The molecule has 0 fully saturated rings. The van der Waals surface area contributed by atoms with Crippen LogP contribution in [0.3, 0.4) is 0 Å². The SMILES string of the molecule is Cc1noc2nccc(N(C)C(C)C(=O)O)c12. The van der Waals surface area contributed by atoms with Crippen molar-refractivity contribution in [3.8, 4) is 0 Å². The molecular formula is C11H13N3O3. The fourth-order valence-corrected chi connectivity index (χ4v) is 1.67. The van der Waals surface area contributed by atoms with Gasteiger partial charge < -0.3 is 14.5 Å². The van der Waals surface area contributed by atoms with Crippen molar-refractivity contribution in [2.24, 2.45) is 0 Å². The smallest absolute Gasteiger partial charge is 0.326 e. The van der Waals surface area contributed by atoms with Gasteiger partial charge in [-0.05, 0) is 19.9 Å². The Morgan fingerprint density at radius 1 is 1.59 bits per heavy atom. The third-order valence-electron chi connectivity index (χ3n) is 2.84. The first-order valence-corrected chi connectivity index (χ1v) is 5.19. The van der Waals surface area contributed by atoms with E-state index in [9.17, 15) is 4.79 Å². The molecule has 0 aromatic carbocycles. The maximum atomic E-state index is 11.0. The van der Waals surface area contributed by atoms with Gasteiger partial charge in [-0.25, -0.2) is 9.78 Å². The van der Waals surface area contributed by atoms with E-state index in [4.69, 9.17) is 9.63 Å². The van der Waals surface area contributed by atoms with E-state index in [1.54, 1.807) is 38.1 Å². The van der Waals surface area contributed by atoms with Crippen molar-refractivity contribution in [3.63, 3.8) is 0 Å². The first kappa shape index (κ1) is 11.4. The zero-order valence-electron chi connectivity index (χ0n) is 9.84. The summed E-state index contributed by atoms with van der Waals surface area (Å²) in [5, 5.41) is 13.6. The number of carboxylic acid groups (broad SMARTS) is 1. The molecule has 0 aliphatic rings. The molecular weight excluding hydrogens is 222 g/mol. The molecule has 2 aromatic rings. The lowest BCUT2D eigenvalue weighted by Crippen LogP contribution is -2.35. The Morgan fingerprint density at radius 3 is 2.94 bits per heavy atom. The van der Waals surface area contributed by atoms with E-state index in [0.29, 0.717) is 11.4 Å². The lowest BCUT2D eigenvalue weighted by molar-refractivity contribution is -0.138. The molecule has 2 heterocycles. The summed E-state index contributed by atoms with van der Waals surface area (Å²) in [6, 6.07) is 1.13. The van der Waals surface area contributed by atoms with E-state index in [0.717, 1.165) is 11.1 Å². The van der Waals surface area contributed by atoms with Crippen LogP contribution in [0.15, 0.2) is 16.8 Å². The number of aliphatic carboxylic acids is 1. The fraction of sp³-hybridized carbons (Fsp3) is 0.364. The van der Waals surface area contributed by atoms with Gasteiger partial charge in [-0.1, -0.05) is 5.16 Å². The average Bonchev–Trinajstić information content (AvgIpc) is 2.69. The zero-order chi connectivity index (χ0) is 12.6. The monoisotopic (exact) mass is 235 g/mol. The van der Waals surface area contributed by atoms with Crippen LogP contribution in [-0.4, -0.2) is 34.3 Å². The van der Waals surface area contributed by atoms with Gasteiger partial charge in [0, 0.05) is 13.2 Å². The summed E-state index contributed by atoms with van der Waals surface area (Å²) in [6.07, 6.45) is 1.58. The molecule has 2 aromatic heterocycles. The summed E-state index contributed by atoms with van der Waals surface area (Å²) in [5.41, 5.74) is 1.88. The van der Waals surface area contributed by atoms with Gasteiger partial charge in [-0.3, -0.25) is 0 Å². The summed E-state index contributed by atoms with van der Waals surface area (Å²) >= 11 is 0. The highest BCUT2D eigenvalue weighted by Crippen LogP contribution is 2.28. The molecule has 0 saturated heterocycles. The number of nitrogens with zero attached hydrogens (tertiary/aromatic N) is 3. The van der Waals surface area contributed by atoms with Gasteiger partial charge in [0.05, 0.1) is 16.8 Å². The zero-order valence-corrected chi connectivity index (χ0v) is 9.84. The molecule has 0 aliphatic carbocycles. The number of hydrogen-bond acceptors (Lipinski definition) is 5. The Labute approximate surface area is 97.8 Å². The van der Waals surface area contributed by atoms with Crippen molar-refractivity contribution in [2.45, 2.75) is 19.9 Å². The number of fused-ring (bicyclic) bond motifs is 1. The number of hydrogen-bond donors (Lipinski definition) is 1. The van der Waals surface area contributed by atoms with Crippen LogP contribution in [0.25, 0.3) is 11.1 Å². The number of aromatic nitrogens is 2. The number of anilines is 1. The Bertz CT molecular complexity index is 564. The molecule has 0 aliphatic heterocycles. The molecule has 17 heavy (non-hydrogen) atoms. The molecule has 1 atom stereocenters. The van der Waals surface area contributed by atoms with Crippen molar-refractivity contribution in [3.05, 3.63) is 18.0 Å². The highest BCUT2D eigenvalue weighted by molar-refractivity contribution is 5.92. The first-order chi connectivity index (χ1) is 8.02. The largest absolute Gasteiger partial charge is 0.480 e. The van der Waals surface area contributed by atoms with Crippen LogP contribution in [0.4, 0.5) is 5.69 Å². The molecule has 0 bridgehead atoms. The van der Waals surface area contributed by atoms with Gasteiger partial charge in [-0.2, -0.15) is 0 Å². The quantitative estimate of drug-likeness (QED) is 0.867. The Morgan fingerprint density at radius 2 is 2.29 bits per heavy atom. The second-order valence-corrected chi connectivity index (χ2v) is 3.90. The van der Waals surface area contributed by atoms with Crippen molar-refractivity contribution >= 4 is 22.8 Å². The molecule has 1 N–H and O–H groups in total. The van der Waals surface area contributed by atoms with Crippen LogP contribution in [-0.2, 0) is 4.79 Å². The first-order valence-electron chi connectivity index (χ1n) is 5.19. The lowest BCUT2D eigenvalue weighted by Gasteiger charge is -2.23. The number of pyridine rings is 1. The topological polar surface area (TPSA) is 79.5 Å². The van der Waals surface area contributed by atoms with Gasteiger partial charge in [0.1, 0.15) is 6.04 Å². The minimum Gasteiger partial charge on any atom is -0.480 e. The minimum atomic E-state index is -0.883. The molecule has 0 radical (unpaired) electrons. The Kier molecular flexibility index (Phi) is 2.71. The minimum absolute atomic E-state index is 0.421. The highest BCUT2D eigenvalue weighted by Gasteiger charge is 2.21. The molecule has 6 heteroatoms. The fourth-order valence-electron chi connectivity index (χ4n) is 1.67. The molecule has 6 nitrogen and oxygen atoms in total. The summed E-state index contributed by atoms with van der Waals surface area (Å²) in [6.45, 7) is 3.42. The maximum Gasteiger partial charge on any atom is 0.326 e. The average molecular weight is 235 g/mol. The molecule has 0 spiro atoms. The Hall–Kier alpha value is -2.11. The van der Waals surface area contributed by atoms with Gasteiger partial charge in [0.25, 0.3) is 5.71 Å². The van der Waals surface area contributed by atoms with Crippen LogP contribution in [0.1, 0.15) is 12.6 Å². The van der Waals surface area contributed by atoms with Crippen LogP contribution in [0, 0.1) is 6.92 Å². The number of likely N-dealkylation sites (N-methyl/N-ethyl adjacent to an activating group) is 1. The highest BCUT2D eigenvalue weighted by atomic mass is 16.5. The van der Waals surface area contributed by atoms with Gasteiger partial charge in [-0.15, -0.1) is 0 Å². The second kappa shape index (κ2) is 4.04. The number of carbonyl (C=O) groups is 1. The number of rotatable bonds is 3. The summed E-state index contributed by atoms with van der Waals surface area (Å²) in [7, 11) is 1.72. The van der Waals surface area contributed by atoms with Crippen molar-refractivity contribution in [1.82, 2.24) is 10.1 Å². The standard InChI is InChI=1S/C11H13N3O3/c1-6-9-8(14(3)7(2)11(15)16)4-5-12-10(9)17-13-6/h4-5,7H,1-3H3,(H,15,16).